The van der Waals surface area contributed by atoms with E-state index in [-0.39, 0.29) is 5.54 Å². The van der Waals surface area contributed by atoms with Gasteiger partial charge < -0.3 is 4.90 Å². The Morgan fingerprint density at radius 2 is 2.11 bits per heavy atom. The molecule has 3 nitrogen and oxygen atoms in total. The summed E-state index contributed by atoms with van der Waals surface area (Å²) < 4.78 is 0. The number of nitrogens with zero attached hydrogens (tertiary/aromatic N) is 1. The fraction of sp³-hybridized carbons (Fsp3) is 0.938. The van der Waals surface area contributed by atoms with E-state index in [0.717, 1.165) is 31.1 Å². The fourth-order valence-electron chi connectivity index (χ4n) is 4.87. The van der Waals surface area contributed by atoms with Crippen molar-refractivity contribution in [1.82, 2.24) is 10.2 Å². The molecule has 3 saturated carbocycles. The van der Waals surface area contributed by atoms with Crippen LogP contribution >= 0.6 is 0 Å². The van der Waals surface area contributed by atoms with Gasteiger partial charge in [0.2, 0.25) is 5.91 Å². The van der Waals surface area contributed by atoms with Gasteiger partial charge in [-0.3, -0.25) is 10.1 Å². The molecule has 0 radical (unpaired) electrons. The zero-order chi connectivity index (χ0) is 13.2. The van der Waals surface area contributed by atoms with E-state index in [0.29, 0.717) is 24.0 Å². The zero-order valence-corrected chi connectivity index (χ0v) is 12.2. The average molecular weight is 262 g/mol. The Labute approximate surface area is 116 Å². The van der Waals surface area contributed by atoms with E-state index in [1.54, 1.807) is 0 Å². The monoisotopic (exact) mass is 262 g/mol. The van der Waals surface area contributed by atoms with E-state index in [4.69, 9.17) is 0 Å². The van der Waals surface area contributed by atoms with Crippen LogP contribution in [0.2, 0.25) is 0 Å². The molecule has 4 atom stereocenters. The minimum absolute atomic E-state index is 0.124. The topological polar surface area (TPSA) is 32.3 Å². The smallest absolute Gasteiger partial charge is 0.244 e. The van der Waals surface area contributed by atoms with Crippen molar-refractivity contribution in [3.8, 4) is 0 Å². The van der Waals surface area contributed by atoms with E-state index >= 15 is 0 Å². The summed E-state index contributed by atoms with van der Waals surface area (Å²) in [5.74, 6) is 2.81. The third kappa shape index (κ3) is 1.77. The summed E-state index contributed by atoms with van der Waals surface area (Å²) >= 11 is 0. The Morgan fingerprint density at radius 1 is 1.32 bits per heavy atom. The highest BCUT2D eigenvalue weighted by Crippen LogP contribution is 2.51. The van der Waals surface area contributed by atoms with Crippen LogP contribution in [0.25, 0.3) is 0 Å². The van der Waals surface area contributed by atoms with Crippen LogP contribution in [0, 0.1) is 17.8 Å². The predicted octanol–water partition coefficient (Wildman–Crippen LogP) is 2.51. The van der Waals surface area contributed by atoms with Crippen LogP contribution in [-0.4, -0.2) is 28.6 Å². The Kier molecular flexibility index (Phi) is 2.55. The normalized spacial score (nSPS) is 42.9. The van der Waals surface area contributed by atoms with Crippen molar-refractivity contribution in [2.45, 2.75) is 76.5 Å². The van der Waals surface area contributed by atoms with Gasteiger partial charge >= 0.3 is 0 Å². The molecule has 1 spiro atoms. The third-order valence-corrected chi connectivity index (χ3v) is 5.93. The molecule has 106 valence electrons. The highest BCUT2D eigenvalue weighted by Gasteiger charge is 2.61. The van der Waals surface area contributed by atoms with E-state index in [1.807, 2.05) is 0 Å². The number of hydrogen-bond acceptors (Lipinski definition) is 2. The van der Waals surface area contributed by atoms with Crippen LogP contribution in [0.1, 0.15) is 58.8 Å². The summed E-state index contributed by atoms with van der Waals surface area (Å²) in [5, 5.41) is 3.69. The van der Waals surface area contributed by atoms with E-state index in [9.17, 15) is 4.79 Å². The highest BCUT2D eigenvalue weighted by atomic mass is 16.2. The molecule has 1 heterocycles. The summed E-state index contributed by atoms with van der Waals surface area (Å²) in [6.07, 6.45) is 9.01. The number of nitrogens with one attached hydrogen (secondary N) is 1. The van der Waals surface area contributed by atoms with Crippen LogP contribution in [0.4, 0.5) is 0 Å². The van der Waals surface area contributed by atoms with Gasteiger partial charge in [-0.05, 0) is 56.3 Å². The summed E-state index contributed by atoms with van der Waals surface area (Å²) in [4.78, 5) is 15.1. The molecule has 1 N–H and O–H groups in total. The Hall–Kier alpha value is -0.570. The standard InChI is InChI=1S/C16H26N2O/c1-10(2)7-14-17-16(5-6-16)15(19)18(14)13-9-11-3-4-12(13)8-11/h10-14,17H,3-9H2,1-2H3. The molecular weight excluding hydrogens is 236 g/mol. The van der Waals surface area contributed by atoms with Crippen LogP contribution in [0.15, 0.2) is 0 Å². The van der Waals surface area contributed by atoms with Crippen molar-refractivity contribution in [2.24, 2.45) is 17.8 Å². The van der Waals surface area contributed by atoms with Crippen molar-refractivity contribution in [1.29, 1.82) is 0 Å². The van der Waals surface area contributed by atoms with Crippen LogP contribution in [0.3, 0.4) is 0 Å². The molecule has 1 aliphatic heterocycles. The van der Waals surface area contributed by atoms with Crippen LogP contribution in [0.5, 0.6) is 0 Å². The minimum atomic E-state index is -0.124. The Bertz CT molecular complexity index is 402. The molecular formula is C16H26N2O. The molecule has 0 aromatic carbocycles. The lowest BCUT2D eigenvalue weighted by Gasteiger charge is -2.36. The first-order chi connectivity index (χ1) is 9.09. The first-order valence-corrected chi connectivity index (χ1v) is 8.19. The van der Waals surface area contributed by atoms with Crippen LogP contribution < -0.4 is 5.32 Å². The van der Waals surface area contributed by atoms with Gasteiger partial charge in [0.25, 0.3) is 0 Å². The number of hydrogen-bond donors (Lipinski definition) is 1. The predicted molar refractivity (Wildman–Crippen MR) is 74.4 cm³/mol. The van der Waals surface area contributed by atoms with Gasteiger partial charge in [0.1, 0.15) is 0 Å². The lowest BCUT2D eigenvalue weighted by atomic mass is 9.93. The van der Waals surface area contributed by atoms with Gasteiger partial charge in [-0.25, -0.2) is 0 Å². The van der Waals surface area contributed by atoms with Gasteiger partial charge in [0.05, 0.1) is 11.7 Å². The SMILES string of the molecule is CC(C)CC1NC2(CC2)C(=O)N1C1CC2CCC1C2. The number of fused-ring (bicyclic) bond motifs is 2. The molecule has 4 unspecified atom stereocenters. The van der Waals surface area contributed by atoms with Gasteiger partial charge in [0.15, 0.2) is 0 Å². The van der Waals surface area contributed by atoms with Gasteiger partial charge in [0, 0.05) is 6.04 Å². The molecule has 0 aromatic rings. The molecule has 4 fully saturated rings. The van der Waals surface area contributed by atoms with Crippen molar-refractivity contribution in [3.63, 3.8) is 0 Å². The molecule has 4 aliphatic rings. The molecule has 1 amide bonds. The molecule has 19 heavy (non-hydrogen) atoms. The second kappa shape index (κ2) is 3.97. The lowest BCUT2D eigenvalue weighted by Crippen LogP contribution is -2.47. The summed E-state index contributed by atoms with van der Waals surface area (Å²) in [6.45, 7) is 4.53. The third-order valence-electron chi connectivity index (χ3n) is 5.93. The largest absolute Gasteiger partial charge is 0.322 e. The fourth-order valence-corrected chi connectivity index (χ4v) is 4.87. The Morgan fingerprint density at radius 3 is 2.63 bits per heavy atom. The maximum atomic E-state index is 12.8. The summed E-state index contributed by atoms with van der Waals surface area (Å²) in [5.41, 5.74) is -0.124. The number of carbonyl (C=O) groups is 1. The number of carbonyl (C=O) groups excluding carboxylic acids is 1. The Balaban J connectivity index is 1.58. The van der Waals surface area contributed by atoms with Crippen molar-refractivity contribution < 1.29 is 4.79 Å². The second-order valence-corrected chi connectivity index (χ2v) is 7.83. The molecule has 3 aliphatic carbocycles. The number of rotatable bonds is 3. The minimum Gasteiger partial charge on any atom is -0.322 e. The average Bonchev–Trinajstić information content (AvgIpc) is 2.73. The first kappa shape index (κ1) is 12.2. The molecule has 3 heteroatoms. The molecule has 4 rings (SSSR count). The zero-order valence-electron chi connectivity index (χ0n) is 12.2. The maximum Gasteiger partial charge on any atom is 0.244 e. The van der Waals surface area contributed by atoms with Crippen molar-refractivity contribution in [2.75, 3.05) is 0 Å². The van der Waals surface area contributed by atoms with Crippen molar-refractivity contribution >= 4 is 5.91 Å². The maximum absolute atomic E-state index is 12.8. The molecule has 1 saturated heterocycles. The van der Waals surface area contributed by atoms with E-state index in [1.165, 1.54) is 25.7 Å². The second-order valence-electron chi connectivity index (χ2n) is 7.83. The van der Waals surface area contributed by atoms with E-state index < -0.39 is 0 Å². The molecule has 2 bridgehead atoms. The van der Waals surface area contributed by atoms with Crippen LogP contribution in [-0.2, 0) is 4.79 Å². The summed E-state index contributed by atoms with van der Waals surface area (Å²) in [7, 11) is 0. The first-order valence-electron chi connectivity index (χ1n) is 8.19. The molecule has 0 aromatic heterocycles. The van der Waals surface area contributed by atoms with E-state index in [2.05, 4.69) is 24.1 Å². The van der Waals surface area contributed by atoms with Crippen molar-refractivity contribution in [3.05, 3.63) is 0 Å². The van der Waals surface area contributed by atoms with Gasteiger partial charge in [-0.1, -0.05) is 20.3 Å². The number of amides is 1. The van der Waals surface area contributed by atoms with Gasteiger partial charge in [-0.15, -0.1) is 0 Å². The quantitative estimate of drug-likeness (QED) is 0.847. The van der Waals surface area contributed by atoms with Gasteiger partial charge in [-0.2, -0.15) is 0 Å². The lowest BCUT2D eigenvalue weighted by molar-refractivity contribution is -0.134. The summed E-state index contributed by atoms with van der Waals surface area (Å²) in [6, 6.07) is 0.558. The highest BCUT2D eigenvalue weighted by molar-refractivity contribution is 5.92.